The van der Waals surface area contributed by atoms with Crippen LogP contribution in [0.4, 0.5) is 11.6 Å². The second kappa shape index (κ2) is 7.40. The van der Waals surface area contributed by atoms with Crippen molar-refractivity contribution < 1.29 is 9.53 Å². The fourth-order valence-corrected chi connectivity index (χ4v) is 2.71. The Morgan fingerprint density at radius 2 is 2.12 bits per heavy atom. The van der Waals surface area contributed by atoms with Gasteiger partial charge in [0.1, 0.15) is 5.69 Å². The summed E-state index contributed by atoms with van der Waals surface area (Å²) in [5.41, 5.74) is 1.96. The number of carbonyl (C=O) groups is 1. The van der Waals surface area contributed by atoms with Crippen LogP contribution in [0.2, 0.25) is 0 Å². The number of benzene rings is 1. The third-order valence-corrected chi connectivity index (χ3v) is 4.03. The molecular weight excluding hydrogens is 304 g/mol. The summed E-state index contributed by atoms with van der Waals surface area (Å²) in [6.07, 6.45) is 2.33. The van der Waals surface area contributed by atoms with Crippen molar-refractivity contribution in [1.82, 2.24) is 9.97 Å². The van der Waals surface area contributed by atoms with Gasteiger partial charge in [0, 0.05) is 31.6 Å². The number of rotatable bonds is 5. The second-order valence-electron chi connectivity index (χ2n) is 5.93. The normalized spacial score (nSPS) is 16.8. The SMILES string of the molecule is Cc1cc(C(=O)N(C)c2ccccc2)nc(NCC2CCCO2)n1. The molecule has 0 bridgehead atoms. The molecule has 1 aliphatic rings. The first-order chi connectivity index (χ1) is 11.6. The molecule has 1 aliphatic heterocycles. The Balaban J connectivity index is 1.73. The minimum Gasteiger partial charge on any atom is -0.376 e. The number of aryl methyl sites for hydroxylation is 1. The van der Waals surface area contributed by atoms with Crippen LogP contribution in [0.3, 0.4) is 0 Å². The maximum atomic E-state index is 12.7. The molecule has 24 heavy (non-hydrogen) atoms. The Labute approximate surface area is 141 Å². The zero-order valence-electron chi connectivity index (χ0n) is 14.0. The van der Waals surface area contributed by atoms with E-state index in [1.807, 2.05) is 37.3 Å². The highest BCUT2D eigenvalue weighted by Gasteiger charge is 2.18. The van der Waals surface area contributed by atoms with E-state index in [-0.39, 0.29) is 12.0 Å². The molecule has 1 aromatic carbocycles. The monoisotopic (exact) mass is 326 g/mol. The minimum atomic E-state index is -0.160. The predicted octanol–water partition coefficient (Wildman–Crippen LogP) is 2.65. The average molecular weight is 326 g/mol. The van der Waals surface area contributed by atoms with E-state index < -0.39 is 0 Å². The Morgan fingerprint density at radius 3 is 2.83 bits per heavy atom. The van der Waals surface area contributed by atoms with Gasteiger partial charge in [-0.1, -0.05) is 18.2 Å². The van der Waals surface area contributed by atoms with Crippen LogP contribution in [0.25, 0.3) is 0 Å². The van der Waals surface area contributed by atoms with Crippen molar-refractivity contribution in [2.45, 2.75) is 25.9 Å². The maximum absolute atomic E-state index is 12.7. The average Bonchev–Trinajstić information content (AvgIpc) is 3.12. The molecule has 1 fully saturated rings. The van der Waals surface area contributed by atoms with Gasteiger partial charge in [0.2, 0.25) is 5.95 Å². The molecule has 0 aliphatic carbocycles. The predicted molar refractivity (Wildman–Crippen MR) is 93.4 cm³/mol. The molecule has 3 rings (SSSR count). The summed E-state index contributed by atoms with van der Waals surface area (Å²) >= 11 is 0. The van der Waals surface area contributed by atoms with Gasteiger partial charge in [0.25, 0.3) is 5.91 Å². The van der Waals surface area contributed by atoms with Crippen molar-refractivity contribution in [3.8, 4) is 0 Å². The first-order valence-electron chi connectivity index (χ1n) is 8.18. The van der Waals surface area contributed by atoms with Crippen LogP contribution in [-0.2, 0) is 4.74 Å². The molecule has 1 saturated heterocycles. The fourth-order valence-electron chi connectivity index (χ4n) is 2.71. The van der Waals surface area contributed by atoms with E-state index in [0.717, 1.165) is 30.8 Å². The standard InChI is InChI=1S/C18H22N4O2/c1-13-11-16(17(23)22(2)14-7-4-3-5-8-14)21-18(20-13)19-12-15-9-6-10-24-15/h3-5,7-8,11,15H,6,9-10,12H2,1-2H3,(H,19,20,21). The number of anilines is 2. The van der Waals surface area contributed by atoms with Gasteiger partial charge in [-0.05, 0) is 38.0 Å². The van der Waals surface area contributed by atoms with Gasteiger partial charge in [-0.3, -0.25) is 4.79 Å². The molecule has 0 radical (unpaired) electrons. The lowest BCUT2D eigenvalue weighted by molar-refractivity contribution is 0.0988. The van der Waals surface area contributed by atoms with Crippen molar-refractivity contribution in [3.05, 3.63) is 47.8 Å². The summed E-state index contributed by atoms with van der Waals surface area (Å²) in [6.45, 7) is 3.33. The summed E-state index contributed by atoms with van der Waals surface area (Å²) in [4.78, 5) is 23.0. The van der Waals surface area contributed by atoms with Crippen LogP contribution in [0.1, 0.15) is 29.0 Å². The van der Waals surface area contributed by atoms with Crippen LogP contribution in [0.15, 0.2) is 36.4 Å². The number of amides is 1. The molecule has 2 aromatic rings. The van der Waals surface area contributed by atoms with E-state index in [1.54, 1.807) is 18.0 Å². The van der Waals surface area contributed by atoms with Gasteiger partial charge in [-0.25, -0.2) is 9.97 Å². The van der Waals surface area contributed by atoms with Crippen LogP contribution in [0, 0.1) is 6.92 Å². The molecule has 0 spiro atoms. The number of nitrogens with zero attached hydrogens (tertiary/aromatic N) is 3. The molecule has 1 atom stereocenters. The Bertz CT molecular complexity index is 699. The number of para-hydroxylation sites is 1. The summed E-state index contributed by atoms with van der Waals surface area (Å²) in [5, 5.41) is 3.18. The van der Waals surface area contributed by atoms with Crippen molar-refractivity contribution in [1.29, 1.82) is 0 Å². The van der Waals surface area contributed by atoms with Crippen molar-refractivity contribution in [2.75, 3.05) is 30.4 Å². The zero-order valence-corrected chi connectivity index (χ0v) is 14.0. The summed E-state index contributed by atoms with van der Waals surface area (Å²) in [6, 6.07) is 11.2. The lowest BCUT2D eigenvalue weighted by Crippen LogP contribution is -2.28. The molecule has 1 N–H and O–H groups in total. The van der Waals surface area contributed by atoms with E-state index in [0.29, 0.717) is 18.2 Å². The number of hydrogen-bond acceptors (Lipinski definition) is 5. The lowest BCUT2D eigenvalue weighted by Gasteiger charge is -2.17. The highest BCUT2D eigenvalue weighted by molar-refractivity contribution is 6.04. The summed E-state index contributed by atoms with van der Waals surface area (Å²) < 4.78 is 5.59. The summed E-state index contributed by atoms with van der Waals surface area (Å²) in [5.74, 6) is 0.308. The van der Waals surface area contributed by atoms with Crippen LogP contribution < -0.4 is 10.2 Å². The van der Waals surface area contributed by atoms with E-state index in [1.165, 1.54) is 0 Å². The first-order valence-corrected chi connectivity index (χ1v) is 8.18. The third kappa shape index (κ3) is 3.89. The van der Waals surface area contributed by atoms with E-state index in [9.17, 15) is 4.79 Å². The third-order valence-electron chi connectivity index (χ3n) is 4.03. The van der Waals surface area contributed by atoms with Crippen molar-refractivity contribution in [2.24, 2.45) is 0 Å². The largest absolute Gasteiger partial charge is 0.376 e. The Hall–Kier alpha value is -2.47. The highest BCUT2D eigenvalue weighted by atomic mass is 16.5. The van der Waals surface area contributed by atoms with E-state index in [2.05, 4.69) is 15.3 Å². The van der Waals surface area contributed by atoms with E-state index in [4.69, 9.17) is 4.74 Å². The second-order valence-corrected chi connectivity index (χ2v) is 5.93. The smallest absolute Gasteiger partial charge is 0.276 e. The van der Waals surface area contributed by atoms with Gasteiger partial charge in [0.15, 0.2) is 0 Å². The van der Waals surface area contributed by atoms with Crippen molar-refractivity contribution >= 4 is 17.5 Å². The van der Waals surface area contributed by atoms with Gasteiger partial charge in [-0.15, -0.1) is 0 Å². The quantitative estimate of drug-likeness (QED) is 0.915. The van der Waals surface area contributed by atoms with Gasteiger partial charge in [0.05, 0.1) is 6.10 Å². The topological polar surface area (TPSA) is 67.4 Å². The van der Waals surface area contributed by atoms with Crippen molar-refractivity contribution in [3.63, 3.8) is 0 Å². The van der Waals surface area contributed by atoms with Gasteiger partial charge < -0.3 is 15.0 Å². The molecule has 1 amide bonds. The number of nitrogens with one attached hydrogen (secondary N) is 1. The molecule has 1 aromatic heterocycles. The number of hydrogen-bond donors (Lipinski definition) is 1. The molecule has 6 heteroatoms. The molecule has 6 nitrogen and oxygen atoms in total. The molecule has 0 saturated carbocycles. The fraction of sp³-hybridized carbons (Fsp3) is 0.389. The summed E-state index contributed by atoms with van der Waals surface area (Å²) in [7, 11) is 1.74. The van der Waals surface area contributed by atoms with Gasteiger partial charge in [-0.2, -0.15) is 0 Å². The number of aromatic nitrogens is 2. The molecule has 1 unspecified atom stereocenters. The molecule has 2 heterocycles. The first kappa shape index (κ1) is 16.4. The van der Waals surface area contributed by atoms with Crippen LogP contribution in [0.5, 0.6) is 0 Å². The number of ether oxygens (including phenoxy) is 1. The lowest BCUT2D eigenvalue weighted by atomic mass is 10.2. The zero-order chi connectivity index (χ0) is 16.9. The molecule has 126 valence electrons. The maximum Gasteiger partial charge on any atom is 0.276 e. The van der Waals surface area contributed by atoms with Crippen LogP contribution in [-0.4, -0.2) is 42.2 Å². The minimum absolute atomic E-state index is 0.160. The highest BCUT2D eigenvalue weighted by Crippen LogP contribution is 2.16. The van der Waals surface area contributed by atoms with Gasteiger partial charge >= 0.3 is 0 Å². The molecular formula is C18H22N4O2. The van der Waals surface area contributed by atoms with Crippen LogP contribution >= 0.6 is 0 Å². The Kier molecular flexibility index (Phi) is 5.05. The van der Waals surface area contributed by atoms with E-state index >= 15 is 0 Å². The Morgan fingerprint density at radius 1 is 1.33 bits per heavy atom. The number of carbonyl (C=O) groups excluding carboxylic acids is 1.